The molecule has 1 aliphatic carbocycles. The van der Waals surface area contributed by atoms with E-state index in [0.29, 0.717) is 0 Å². The third kappa shape index (κ3) is 5.25. The normalized spacial score (nSPS) is 15.8. The molecule has 1 unspecified atom stereocenters. The van der Waals surface area contributed by atoms with Crippen LogP contribution >= 0.6 is 0 Å². The Morgan fingerprint density at radius 2 is 1.74 bits per heavy atom. The van der Waals surface area contributed by atoms with E-state index in [-0.39, 0.29) is 5.92 Å². The van der Waals surface area contributed by atoms with Gasteiger partial charge in [0, 0.05) is 5.92 Å². The number of alkyl halides is 3. The van der Waals surface area contributed by atoms with Crippen LogP contribution in [-0.2, 0) is 6.18 Å². The molecule has 0 amide bonds. The summed E-state index contributed by atoms with van der Waals surface area (Å²) < 4.78 is 43.7. The Balaban J connectivity index is 1.82. The molecule has 0 aromatic heterocycles. The summed E-state index contributed by atoms with van der Waals surface area (Å²) in [6, 6.07) is 13.3. The van der Waals surface area contributed by atoms with Crippen molar-refractivity contribution in [3.8, 4) is 5.75 Å². The summed E-state index contributed by atoms with van der Waals surface area (Å²) in [6.07, 6.45) is 6.25. The van der Waals surface area contributed by atoms with Gasteiger partial charge in [-0.2, -0.15) is 13.2 Å². The Bertz CT molecular complexity index is 799. The van der Waals surface area contributed by atoms with E-state index in [4.69, 9.17) is 4.74 Å². The van der Waals surface area contributed by atoms with Crippen LogP contribution < -0.4 is 4.74 Å². The maximum Gasteiger partial charge on any atom is 0.416 e. The minimum Gasteiger partial charge on any atom is -0.497 e. The van der Waals surface area contributed by atoms with Crippen molar-refractivity contribution in [3.63, 3.8) is 0 Å². The molecule has 27 heavy (non-hydrogen) atoms. The van der Waals surface area contributed by atoms with Gasteiger partial charge in [-0.25, -0.2) is 0 Å². The van der Waals surface area contributed by atoms with E-state index in [2.05, 4.69) is 12.2 Å². The molecular weight excluding hydrogens is 349 g/mol. The highest BCUT2D eigenvalue weighted by atomic mass is 19.4. The van der Waals surface area contributed by atoms with Crippen molar-refractivity contribution in [3.05, 3.63) is 82.9 Å². The van der Waals surface area contributed by atoms with Gasteiger partial charge in [0.25, 0.3) is 0 Å². The van der Waals surface area contributed by atoms with E-state index in [1.54, 1.807) is 19.2 Å². The Morgan fingerprint density at radius 1 is 1.04 bits per heavy atom. The fraction of sp³-hybridized carbons (Fsp3) is 0.304. The van der Waals surface area contributed by atoms with Crippen LogP contribution in [0.2, 0.25) is 0 Å². The Labute approximate surface area is 158 Å². The Kier molecular flexibility index (Phi) is 6.04. The highest BCUT2D eigenvalue weighted by Gasteiger charge is 2.30. The van der Waals surface area contributed by atoms with Crippen LogP contribution in [0, 0.1) is 0 Å². The van der Waals surface area contributed by atoms with Gasteiger partial charge in [0.15, 0.2) is 0 Å². The summed E-state index contributed by atoms with van der Waals surface area (Å²) >= 11 is 0. The summed E-state index contributed by atoms with van der Waals surface area (Å²) in [5, 5.41) is 0. The topological polar surface area (TPSA) is 9.23 Å². The van der Waals surface area contributed by atoms with Gasteiger partial charge in [0.1, 0.15) is 5.75 Å². The molecule has 1 aliphatic rings. The minimum absolute atomic E-state index is 0.0544. The van der Waals surface area contributed by atoms with Crippen molar-refractivity contribution in [1.82, 2.24) is 0 Å². The minimum atomic E-state index is -4.30. The van der Waals surface area contributed by atoms with Crippen molar-refractivity contribution in [2.45, 2.75) is 37.8 Å². The SMILES string of the molecule is COc1ccc(/C=C/C(CC2=CCCC2)c2ccc(C(F)(F)F)cc2)cc1. The van der Waals surface area contributed by atoms with Crippen LogP contribution in [0.4, 0.5) is 13.2 Å². The van der Waals surface area contributed by atoms with Crippen LogP contribution in [0.3, 0.4) is 0 Å². The largest absolute Gasteiger partial charge is 0.497 e. The molecule has 0 saturated heterocycles. The number of hydrogen-bond donors (Lipinski definition) is 0. The van der Waals surface area contributed by atoms with Gasteiger partial charge >= 0.3 is 6.18 Å². The standard InChI is InChI=1S/C23H23F3O/c1-27-22-14-7-17(8-15-22)6-9-20(16-18-4-2-3-5-18)19-10-12-21(13-11-19)23(24,25)26/h4,6-15,20H,2-3,5,16H2,1H3/b9-6+. The highest BCUT2D eigenvalue weighted by Crippen LogP contribution is 2.34. The number of benzene rings is 2. The molecule has 4 heteroatoms. The van der Waals surface area contributed by atoms with E-state index < -0.39 is 11.7 Å². The molecule has 3 rings (SSSR count). The van der Waals surface area contributed by atoms with Crippen LogP contribution in [0.15, 0.2) is 66.3 Å². The zero-order valence-electron chi connectivity index (χ0n) is 15.3. The van der Waals surface area contributed by atoms with Crippen molar-refractivity contribution in [2.24, 2.45) is 0 Å². The third-order valence-electron chi connectivity index (χ3n) is 4.92. The van der Waals surface area contributed by atoms with Gasteiger partial charge in [-0.05, 0) is 61.1 Å². The molecule has 0 spiro atoms. The first-order valence-corrected chi connectivity index (χ1v) is 9.13. The smallest absolute Gasteiger partial charge is 0.416 e. The summed E-state index contributed by atoms with van der Waals surface area (Å²) in [4.78, 5) is 0. The first-order chi connectivity index (χ1) is 13.0. The predicted octanol–water partition coefficient (Wildman–Crippen LogP) is 7.01. The maximum atomic E-state index is 12.8. The number of hydrogen-bond acceptors (Lipinski definition) is 1. The van der Waals surface area contributed by atoms with Crippen molar-refractivity contribution < 1.29 is 17.9 Å². The predicted molar refractivity (Wildman–Crippen MR) is 103 cm³/mol. The van der Waals surface area contributed by atoms with Gasteiger partial charge < -0.3 is 4.74 Å². The first-order valence-electron chi connectivity index (χ1n) is 9.13. The first kappa shape index (κ1) is 19.3. The lowest BCUT2D eigenvalue weighted by atomic mass is 9.90. The lowest BCUT2D eigenvalue weighted by Gasteiger charge is -2.16. The number of ether oxygens (including phenoxy) is 1. The highest BCUT2D eigenvalue weighted by molar-refractivity contribution is 5.52. The van der Waals surface area contributed by atoms with Crippen LogP contribution in [0.25, 0.3) is 6.08 Å². The molecule has 0 radical (unpaired) electrons. The maximum absolute atomic E-state index is 12.8. The van der Waals surface area contributed by atoms with E-state index in [0.717, 1.165) is 42.6 Å². The lowest BCUT2D eigenvalue weighted by molar-refractivity contribution is -0.137. The van der Waals surface area contributed by atoms with Crippen LogP contribution in [0.1, 0.15) is 48.3 Å². The average Bonchev–Trinajstić information content (AvgIpc) is 3.18. The number of rotatable bonds is 6. The molecule has 142 valence electrons. The Hall–Kier alpha value is -2.49. The van der Waals surface area contributed by atoms with Gasteiger partial charge in [0.05, 0.1) is 12.7 Å². The molecule has 0 N–H and O–H groups in total. The van der Waals surface area contributed by atoms with Gasteiger partial charge in [-0.15, -0.1) is 0 Å². The zero-order valence-corrected chi connectivity index (χ0v) is 15.3. The van der Waals surface area contributed by atoms with Crippen LogP contribution in [-0.4, -0.2) is 7.11 Å². The second-order valence-corrected chi connectivity index (χ2v) is 6.82. The second-order valence-electron chi connectivity index (χ2n) is 6.82. The molecule has 0 saturated carbocycles. The summed E-state index contributed by atoms with van der Waals surface area (Å²) in [5.74, 6) is 0.848. The van der Waals surface area contributed by atoms with Crippen molar-refractivity contribution in [2.75, 3.05) is 7.11 Å². The number of halogens is 3. The second kappa shape index (κ2) is 8.47. The number of allylic oxidation sites excluding steroid dienone is 3. The fourth-order valence-corrected chi connectivity index (χ4v) is 3.36. The van der Waals surface area contributed by atoms with E-state index in [9.17, 15) is 13.2 Å². The Morgan fingerprint density at radius 3 is 2.30 bits per heavy atom. The average molecular weight is 372 g/mol. The lowest BCUT2D eigenvalue weighted by Crippen LogP contribution is -2.05. The number of methoxy groups -OCH3 is 1. The van der Waals surface area contributed by atoms with Crippen molar-refractivity contribution in [1.29, 1.82) is 0 Å². The summed E-state index contributed by atoms with van der Waals surface area (Å²) in [6.45, 7) is 0. The van der Waals surface area contributed by atoms with Crippen molar-refractivity contribution >= 4 is 6.08 Å². The van der Waals surface area contributed by atoms with E-state index >= 15 is 0 Å². The molecule has 0 fully saturated rings. The molecule has 2 aromatic rings. The van der Waals surface area contributed by atoms with Crippen LogP contribution in [0.5, 0.6) is 5.75 Å². The van der Waals surface area contributed by atoms with Gasteiger partial charge in [0.2, 0.25) is 0 Å². The van der Waals surface area contributed by atoms with E-state index in [1.165, 1.54) is 17.7 Å². The molecule has 1 atom stereocenters. The van der Waals surface area contributed by atoms with E-state index in [1.807, 2.05) is 30.3 Å². The molecule has 0 aliphatic heterocycles. The monoisotopic (exact) mass is 372 g/mol. The third-order valence-corrected chi connectivity index (χ3v) is 4.92. The zero-order chi connectivity index (χ0) is 19.3. The summed E-state index contributed by atoms with van der Waals surface area (Å²) in [7, 11) is 1.63. The van der Waals surface area contributed by atoms with Gasteiger partial charge in [-0.3, -0.25) is 0 Å². The molecular formula is C23H23F3O. The molecule has 2 aromatic carbocycles. The quantitative estimate of drug-likeness (QED) is 0.496. The fourth-order valence-electron chi connectivity index (χ4n) is 3.36. The molecule has 0 bridgehead atoms. The molecule has 1 nitrogen and oxygen atoms in total. The summed E-state index contributed by atoms with van der Waals surface area (Å²) in [5.41, 5.74) is 2.72. The molecule has 0 heterocycles. The van der Waals surface area contributed by atoms with Gasteiger partial charge in [-0.1, -0.05) is 48.1 Å².